The van der Waals surface area contributed by atoms with Gasteiger partial charge in [0.25, 0.3) is 0 Å². The van der Waals surface area contributed by atoms with Crippen molar-refractivity contribution in [2.45, 2.75) is 117 Å². The second kappa shape index (κ2) is 19.1. The molecule has 2 rings (SSSR count). The maximum Gasteiger partial charge on any atom is 0.223 e. The number of carbonyl (C=O) groups excluding carboxylic acids is 1. The summed E-state index contributed by atoms with van der Waals surface area (Å²) in [5.41, 5.74) is 4.68. The van der Waals surface area contributed by atoms with Crippen LogP contribution in [0, 0.1) is 5.92 Å². The topological polar surface area (TPSA) is 89.4 Å². The first kappa shape index (κ1) is 33.2. The molecule has 1 aliphatic heterocycles. The summed E-state index contributed by atoms with van der Waals surface area (Å²) in [7, 11) is 0. The largest absolute Gasteiger partial charge is 0.474 e. The van der Waals surface area contributed by atoms with E-state index in [1.165, 1.54) is 50.5 Å². The van der Waals surface area contributed by atoms with Crippen molar-refractivity contribution in [3.63, 3.8) is 0 Å². The average molecular weight is 546 g/mol. The Balaban J connectivity index is 2.08. The molecule has 3 N–H and O–H groups in total. The molecular weight excluding hydrogens is 490 g/mol. The van der Waals surface area contributed by atoms with Crippen LogP contribution < -0.4 is 15.5 Å². The molecule has 0 spiro atoms. The molecule has 1 amide bonds. The van der Waals surface area contributed by atoms with Crippen molar-refractivity contribution in [1.82, 2.24) is 20.9 Å². The SMILES string of the molecule is CCCCCCCCCc1ccc(OC(CC2CNC(=O)C(C)CC=N2)N(CC)N(CC)NCC(C)O)cc1. The second-order valence-corrected chi connectivity index (χ2v) is 10.9. The molecule has 222 valence electrons. The fourth-order valence-corrected chi connectivity index (χ4v) is 4.86. The van der Waals surface area contributed by atoms with Crippen molar-refractivity contribution in [3.05, 3.63) is 29.8 Å². The molecule has 1 heterocycles. The van der Waals surface area contributed by atoms with Gasteiger partial charge in [0.2, 0.25) is 5.91 Å². The van der Waals surface area contributed by atoms with E-state index in [0.717, 1.165) is 12.2 Å². The van der Waals surface area contributed by atoms with Crippen LogP contribution in [0.25, 0.3) is 0 Å². The number of unbranched alkanes of at least 4 members (excludes halogenated alkanes) is 6. The number of hydrazine groups is 2. The zero-order chi connectivity index (χ0) is 28.5. The highest BCUT2D eigenvalue weighted by atomic mass is 16.5. The van der Waals surface area contributed by atoms with Gasteiger partial charge in [-0.1, -0.05) is 71.4 Å². The number of nitrogens with zero attached hydrogens (tertiary/aromatic N) is 3. The van der Waals surface area contributed by atoms with Crippen LogP contribution in [0.1, 0.15) is 98.0 Å². The van der Waals surface area contributed by atoms with Gasteiger partial charge in [0.05, 0.1) is 12.1 Å². The van der Waals surface area contributed by atoms with Crippen molar-refractivity contribution < 1.29 is 14.6 Å². The summed E-state index contributed by atoms with van der Waals surface area (Å²) in [6.07, 6.45) is 12.7. The average Bonchev–Trinajstić information content (AvgIpc) is 2.92. The van der Waals surface area contributed by atoms with E-state index in [-0.39, 0.29) is 24.1 Å². The van der Waals surface area contributed by atoms with Gasteiger partial charge in [0.15, 0.2) is 6.23 Å². The molecule has 0 saturated carbocycles. The molecular formula is C31H55N5O3. The van der Waals surface area contributed by atoms with Gasteiger partial charge >= 0.3 is 0 Å². The maximum absolute atomic E-state index is 12.3. The van der Waals surface area contributed by atoms with Crippen LogP contribution in [-0.4, -0.2) is 71.9 Å². The fraction of sp³-hybridized carbons (Fsp3) is 0.742. The number of hydrogen-bond donors (Lipinski definition) is 3. The minimum absolute atomic E-state index is 0.0614. The summed E-state index contributed by atoms with van der Waals surface area (Å²) in [6, 6.07) is 8.41. The third kappa shape index (κ3) is 12.8. The maximum atomic E-state index is 12.3. The van der Waals surface area contributed by atoms with Crippen LogP contribution in [0.4, 0.5) is 0 Å². The summed E-state index contributed by atoms with van der Waals surface area (Å²) in [6.45, 7) is 12.5. The molecule has 8 heteroatoms. The minimum atomic E-state index is -0.464. The summed E-state index contributed by atoms with van der Waals surface area (Å²) in [5, 5.41) is 17.1. The standard InChI is InChI=1S/C31H55N5O3/c1-6-9-10-11-12-13-14-15-27-16-18-29(19-17-27)39-30(35(7-2)36(8-3)34-23-26(5)37)22-28-24-33-31(38)25(4)20-21-32-28/h16-19,21,25-26,28,30,34,37H,6-15,20,22-24H2,1-5H3,(H,33,38). The van der Waals surface area contributed by atoms with Crippen molar-refractivity contribution in [3.8, 4) is 5.75 Å². The molecule has 0 saturated heterocycles. The molecule has 1 aromatic carbocycles. The normalized spacial score (nSPS) is 19.5. The number of aliphatic hydroxyl groups is 1. The fourth-order valence-electron chi connectivity index (χ4n) is 4.86. The predicted molar refractivity (Wildman–Crippen MR) is 161 cm³/mol. The molecule has 1 aromatic rings. The monoisotopic (exact) mass is 545 g/mol. The molecule has 0 radical (unpaired) electrons. The lowest BCUT2D eigenvalue weighted by molar-refractivity contribution is -0.157. The van der Waals surface area contributed by atoms with E-state index in [9.17, 15) is 9.90 Å². The highest BCUT2D eigenvalue weighted by Crippen LogP contribution is 2.21. The van der Waals surface area contributed by atoms with E-state index < -0.39 is 6.10 Å². The van der Waals surface area contributed by atoms with Crippen LogP contribution in [0.15, 0.2) is 29.3 Å². The van der Waals surface area contributed by atoms with E-state index in [0.29, 0.717) is 39.0 Å². The van der Waals surface area contributed by atoms with E-state index >= 15 is 0 Å². The summed E-state index contributed by atoms with van der Waals surface area (Å²) in [4.78, 5) is 17.1. The molecule has 4 atom stereocenters. The lowest BCUT2D eigenvalue weighted by Gasteiger charge is -2.40. The van der Waals surface area contributed by atoms with Gasteiger partial charge in [-0.05, 0) is 57.0 Å². The number of amides is 1. The van der Waals surface area contributed by atoms with Gasteiger partial charge in [-0.3, -0.25) is 9.79 Å². The van der Waals surface area contributed by atoms with Crippen LogP contribution in [0.3, 0.4) is 0 Å². The number of aliphatic hydroxyl groups excluding tert-OH is 1. The predicted octanol–water partition coefficient (Wildman–Crippen LogP) is 5.11. The first-order valence-corrected chi connectivity index (χ1v) is 15.4. The highest BCUT2D eigenvalue weighted by molar-refractivity contribution is 5.81. The van der Waals surface area contributed by atoms with Crippen LogP contribution >= 0.6 is 0 Å². The molecule has 4 unspecified atom stereocenters. The number of aryl methyl sites for hydroxylation is 1. The number of nitrogens with one attached hydrogen (secondary N) is 2. The number of aliphatic imine (C=N–C) groups is 1. The van der Waals surface area contributed by atoms with Gasteiger partial charge in [-0.2, -0.15) is 10.1 Å². The number of ether oxygens (including phenoxy) is 1. The lowest BCUT2D eigenvalue weighted by atomic mass is 10.0. The Labute approximate surface area is 237 Å². The van der Waals surface area contributed by atoms with Crippen molar-refractivity contribution in [2.75, 3.05) is 26.2 Å². The van der Waals surface area contributed by atoms with Crippen molar-refractivity contribution in [2.24, 2.45) is 10.9 Å². The molecule has 0 fully saturated rings. The Hall–Kier alpha value is -2.00. The van der Waals surface area contributed by atoms with E-state index in [1.54, 1.807) is 6.92 Å². The third-order valence-corrected chi connectivity index (χ3v) is 7.31. The minimum Gasteiger partial charge on any atom is -0.474 e. The molecule has 0 aromatic heterocycles. The van der Waals surface area contributed by atoms with Gasteiger partial charge < -0.3 is 15.2 Å². The Kier molecular flexibility index (Phi) is 16.3. The Morgan fingerprint density at radius 2 is 1.77 bits per heavy atom. The second-order valence-electron chi connectivity index (χ2n) is 10.9. The van der Waals surface area contributed by atoms with Gasteiger partial charge in [-0.25, -0.2) is 5.43 Å². The highest BCUT2D eigenvalue weighted by Gasteiger charge is 2.28. The van der Waals surface area contributed by atoms with Crippen LogP contribution in [0.5, 0.6) is 5.75 Å². The Morgan fingerprint density at radius 3 is 2.41 bits per heavy atom. The van der Waals surface area contributed by atoms with Crippen LogP contribution in [-0.2, 0) is 11.2 Å². The summed E-state index contributed by atoms with van der Waals surface area (Å²) >= 11 is 0. The Bertz CT molecular complexity index is 817. The molecule has 39 heavy (non-hydrogen) atoms. The Morgan fingerprint density at radius 1 is 1.08 bits per heavy atom. The molecule has 8 nitrogen and oxygen atoms in total. The number of benzene rings is 1. The molecule has 0 bridgehead atoms. The lowest BCUT2D eigenvalue weighted by Crippen LogP contribution is -2.58. The first-order chi connectivity index (χ1) is 18.9. The third-order valence-electron chi connectivity index (χ3n) is 7.31. The quantitative estimate of drug-likeness (QED) is 0.127. The van der Waals surface area contributed by atoms with Gasteiger partial charge in [0, 0.05) is 38.5 Å². The van der Waals surface area contributed by atoms with E-state index in [1.807, 2.05) is 18.3 Å². The number of carbonyl (C=O) groups is 1. The molecule has 1 aliphatic rings. The molecule has 0 aliphatic carbocycles. The van der Waals surface area contributed by atoms with E-state index in [2.05, 4.69) is 60.8 Å². The van der Waals surface area contributed by atoms with Crippen molar-refractivity contribution in [1.29, 1.82) is 0 Å². The summed E-state index contributed by atoms with van der Waals surface area (Å²) in [5.74, 6) is 0.829. The van der Waals surface area contributed by atoms with E-state index in [4.69, 9.17) is 9.73 Å². The van der Waals surface area contributed by atoms with Gasteiger partial charge in [-0.15, -0.1) is 0 Å². The number of hydrogen-bond acceptors (Lipinski definition) is 7. The first-order valence-electron chi connectivity index (χ1n) is 15.4. The van der Waals surface area contributed by atoms with Crippen LogP contribution in [0.2, 0.25) is 0 Å². The zero-order valence-corrected chi connectivity index (χ0v) is 25.2. The zero-order valence-electron chi connectivity index (χ0n) is 25.2. The van der Waals surface area contributed by atoms with Gasteiger partial charge in [0.1, 0.15) is 5.75 Å². The summed E-state index contributed by atoms with van der Waals surface area (Å²) < 4.78 is 6.61. The number of rotatable bonds is 19. The smallest absolute Gasteiger partial charge is 0.223 e. The van der Waals surface area contributed by atoms with Crippen molar-refractivity contribution >= 4 is 12.1 Å².